The van der Waals surface area contributed by atoms with Crippen molar-refractivity contribution in [1.82, 2.24) is 0 Å². The van der Waals surface area contributed by atoms with Gasteiger partial charge in [-0.3, -0.25) is 0 Å². The normalized spacial score (nSPS) is 38.4. The Kier molecular flexibility index (Phi) is 4.62. The molecule has 3 fully saturated rings. The summed E-state index contributed by atoms with van der Waals surface area (Å²) in [5.74, 6) is -0.406. The summed E-state index contributed by atoms with van der Waals surface area (Å²) < 4.78 is 22.6. The molecule has 0 aromatic rings. The van der Waals surface area contributed by atoms with Gasteiger partial charge in [-0.15, -0.1) is 6.58 Å². The Morgan fingerprint density at radius 3 is 2.22 bits per heavy atom. The minimum atomic E-state index is -0.814. The van der Waals surface area contributed by atoms with Crippen molar-refractivity contribution < 1.29 is 24.1 Å². The highest BCUT2D eigenvalue weighted by Gasteiger charge is 2.65. The van der Waals surface area contributed by atoms with Crippen molar-refractivity contribution in [2.75, 3.05) is 33.7 Å². The first-order chi connectivity index (χ1) is 10.9. The van der Waals surface area contributed by atoms with Crippen LogP contribution >= 0.6 is 0 Å². The summed E-state index contributed by atoms with van der Waals surface area (Å²) in [6.45, 7) is 8.29. The summed E-state index contributed by atoms with van der Waals surface area (Å²) in [5.41, 5.74) is -1.14. The molecule has 0 bridgehead atoms. The molecule has 1 aliphatic heterocycles. The molecule has 132 valence electrons. The van der Waals surface area contributed by atoms with E-state index in [1.165, 1.54) is 0 Å². The molecule has 0 aromatic carbocycles. The summed E-state index contributed by atoms with van der Waals surface area (Å²) >= 11 is 0. The smallest absolute Gasteiger partial charge is 0.168 e. The van der Waals surface area contributed by atoms with Crippen molar-refractivity contribution >= 4 is 0 Å². The fourth-order valence-electron chi connectivity index (χ4n) is 4.88. The van der Waals surface area contributed by atoms with Crippen LogP contribution in [0.25, 0.3) is 0 Å². The molecule has 1 saturated heterocycles. The average molecular weight is 326 g/mol. The van der Waals surface area contributed by atoms with E-state index in [-0.39, 0.29) is 17.6 Å². The van der Waals surface area contributed by atoms with Gasteiger partial charge in [-0.2, -0.15) is 0 Å². The van der Waals surface area contributed by atoms with Crippen molar-refractivity contribution in [2.24, 2.45) is 10.8 Å². The summed E-state index contributed by atoms with van der Waals surface area (Å²) in [6, 6.07) is 0. The molecule has 3 aliphatic rings. The van der Waals surface area contributed by atoms with Crippen molar-refractivity contribution in [3.8, 4) is 0 Å². The van der Waals surface area contributed by atoms with Gasteiger partial charge in [0, 0.05) is 30.8 Å². The van der Waals surface area contributed by atoms with Crippen LogP contribution in [0.1, 0.15) is 45.4 Å². The fraction of sp³-hybridized carbons (Fsp3) is 0.889. The van der Waals surface area contributed by atoms with Crippen molar-refractivity contribution in [3.63, 3.8) is 0 Å². The Morgan fingerprint density at radius 1 is 1.09 bits per heavy atom. The molecule has 2 aliphatic carbocycles. The Balaban J connectivity index is 1.80. The van der Waals surface area contributed by atoms with Crippen LogP contribution in [0.4, 0.5) is 0 Å². The number of methoxy groups -OCH3 is 1. The minimum absolute atomic E-state index is 0.104. The average Bonchev–Trinajstić information content (AvgIpc) is 3.03. The molecule has 0 unspecified atom stereocenters. The van der Waals surface area contributed by atoms with E-state index in [0.29, 0.717) is 19.8 Å². The topological polar surface area (TPSA) is 57.2 Å². The van der Waals surface area contributed by atoms with Crippen LogP contribution < -0.4 is 0 Å². The molecule has 1 spiro atoms. The maximum absolute atomic E-state index is 11.0. The molecular weight excluding hydrogens is 296 g/mol. The van der Waals surface area contributed by atoms with E-state index < -0.39 is 11.4 Å². The van der Waals surface area contributed by atoms with Gasteiger partial charge in [0.1, 0.15) is 6.79 Å². The van der Waals surface area contributed by atoms with Gasteiger partial charge in [0.05, 0.1) is 25.4 Å². The lowest BCUT2D eigenvalue weighted by atomic mass is 9.43. The van der Waals surface area contributed by atoms with Gasteiger partial charge in [-0.25, -0.2) is 0 Å². The quantitative estimate of drug-likeness (QED) is 0.462. The zero-order chi connectivity index (χ0) is 16.6. The third-order valence-corrected chi connectivity index (χ3v) is 6.83. The number of rotatable bonds is 6. The molecule has 0 amide bonds. The zero-order valence-electron chi connectivity index (χ0n) is 14.4. The summed E-state index contributed by atoms with van der Waals surface area (Å²) in [6.07, 6.45) is 7.03. The highest BCUT2D eigenvalue weighted by Crippen LogP contribution is 2.66. The van der Waals surface area contributed by atoms with Gasteiger partial charge >= 0.3 is 0 Å². The minimum Gasteiger partial charge on any atom is -0.385 e. The van der Waals surface area contributed by atoms with E-state index in [9.17, 15) is 5.11 Å². The number of ether oxygens (including phenoxy) is 4. The molecule has 2 saturated carbocycles. The molecule has 5 nitrogen and oxygen atoms in total. The van der Waals surface area contributed by atoms with Crippen molar-refractivity contribution in [3.05, 3.63) is 12.7 Å². The van der Waals surface area contributed by atoms with Crippen LogP contribution in [-0.4, -0.2) is 50.2 Å². The zero-order valence-corrected chi connectivity index (χ0v) is 14.4. The molecule has 3 rings (SSSR count). The molecule has 5 heteroatoms. The molecule has 23 heavy (non-hydrogen) atoms. The van der Waals surface area contributed by atoms with Crippen LogP contribution in [-0.2, 0) is 18.9 Å². The maximum atomic E-state index is 11.0. The van der Waals surface area contributed by atoms with Crippen molar-refractivity contribution in [2.45, 2.75) is 56.8 Å². The first kappa shape index (κ1) is 17.4. The second-order valence-corrected chi connectivity index (χ2v) is 7.60. The number of aliphatic hydroxyl groups is 1. The third kappa shape index (κ3) is 2.57. The summed E-state index contributed by atoms with van der Waals surface area (Å²) in [7, 11) is 1.63. The Bertz CT molecular complexity index is 435. The molecule has 1 heterocycles. The number of hydrogen-bond donors (Lipinski definition) is 1. The maximum Gasteiger partial charge on any atom is 0.168 e. The van der Waals surface area contributed by atoms with Crippen LogP contribution in [0, 0.1) is 10.8 Å². The highest BCUT2D eigenvalue weighted by molar-refractivity contribution is 5.21. The molecule has 2 atom stereocenters. The second-order valence-electron chi connectivity index (χ2n) is 7.60. The Hall–Kier alpha value is -0.460. The molecule has 0 aromatic heterocycles. The predicted octanol–water partition coefficient (Wildman–Crippen LogP) is 2.63. The first-order valence-electron chi connectivity index (χ1n) is 8.66. The van der Waals surface area contributed by atoms with Crippen LogP contribution in [0.3, 0.4) is 0 Å². The second kappa shape index (κ2) is 6.12. The van der Waals surface area contributed by atoms with Crippen LogP contribution in [0.15, 0.2) is 12.7 Å². The molecule has 1 N–H and O–H groups in total. The Labute approximate surface area is 138 Å². The standard InChI is InChI=1S/C18H30O5/c1-4-17(19)8-5-15(17,2)16(13-21-14-20-3)6-9-18(10-7-16)22-11-12-23-18/h4,19H,1,5-14H2,2-3H3/t15-,17-/m1/s1. The lowest BCUT2D eigenvalue weighted by molar-refractivity contribution is -0.259. The Morgan fingerprint density at radius 2 is 1.74 bits per heavy atom. The largest absolute Gasteiger partial charge is 0.385 e. The third-order valence-electron chi connectivity index (χ3n) is 6.83. The van der Waals surface area contributed by atoms with E-state index in [1.54, 1.807) is 13.2 Å². The van der Waals surface area contributed by atoms with Crippen LogP contribution in [0.5, 0.6) is 0 Å². The monoisotopic (exact) mass is 326 g/mol. The fourth-order valence-corrected chi connectivity index (χ4v) is 4.88. The number of hydrogen-bond acceptors (Lipinski definition) is 5. The highest BCUT2D eigenvalue weighted by atomic mass is 16.7. The first-order valence-corrected chi connectivity index (χ1v) is 8.66. The van der Waals surface area contributed by atoms with Gasteiger partial charge < -0.3 is 24.1 Å². The van der Waals surface area contributed by atoms with E-state index in [4.69, 9.17) is 18.9 Å². The van der Waals surface area contributed by atoms with Gasteiger partial charge in [0.25, 0.3) is 0 Å². The van der Waals surface area contributed by atoms with E-state index in [0.717, 1.165) is 38.5 Å². The lowest BCUT2D eigenvalue weighted by Crippen LogP contribution is -2.65. The van der Waals surface area contributed by atoms with E-state index in [1.807, 2.05) is 0 Å². The van der Waals surface area contributed by atoms with Crippen molar-refractivity contribution in [1.29, 1.82) is 0 Å². The SMILES string of the molecule is C=C[C@@]1(O)CC[C@]1(C)C1(COCOC)CCC2(CC1)OCCO2. The molecule has 0 radical (unpaired) electrons. The summed E-state index contributed by atoms with van der Waals surface area (Å²) in [4.78, 5) is 0. The van der Waals surface area contributed by atoms with E-state index >= 15 is 0 Å². The van der Waals surface area contributed by atoms with Gasteiger partial charge in [0.2, 0.25) is 0 Å². The summed E-state index contributed by atoms with van der Waals surface area (Å²) in [5, 5.41) is 11.0. The molecular formula is C18H30O5. The van der Waals surface area contributed by atoms with Crippen LogP contribution in [0.2, 0.25) is 0 Å². The predicted molar refractivity (Wildman–Crippen MR) is 85.9 cm³/mol. The van der Waals surface area contributed by atoms with Gasteiger partial charge in [-0.1, -0.05) is 13.0 Å². The van der Waals surface area contributed by atoms with Gasteiger partial charge in [-0.05, 0) is 25.7 Å². The van der Waals surface area contributed by atoms with E-state index in [2.05, 4.69) is 13.5 Å². The van der Waals surface area contributed by atoms with Gasteiger partial charge in [0.15, 0.2) is 5.79 Å². The lowest BCUT2D eigenvalue weighted by Gasteiger charge is -2.64.